The first-order chi connectivity index (χ1) is 17.1. The molecule has 5 rings (SSSR count). The number of fused-ring (bicyclic) bond motifs is 1. The van der Waals surface area contributed by atoms with Gasteiger partial charge in [-0.2, -0.15) is 4.98 Å². The second kappa shape index (κ2) is 9.85. The SMILES string of the molecule is COc1c(C)cccc1CNc1ccc2c(c1)ncn2-c1ccnc(N[C@@H](C)c2ccccc2)n1. The molecule has 0 aliphatic heterocycles. The fraction of sp³-hybridized carbons (Fsp3) is 0.179. The van der Waals surface area contributed by atoms with E-state index in [1.807, 2.05) is 41.0 Å². The van der Waals surface area contributed by atoms with Gasteiger partial charge in [-0.05, 0) is 49.2 Å². The molecular weight excluding hydrogens is 436 g/mol. The predicted molar refractivity (Wildman–Crippen MR) is 140 cm³/mol. The maximum atomic E-state index is 5.57. The quantitative estimate of drug-likeness (QED) is 0.297. The van der Waals surface area contributed by atoms with Gasteiger partial charge in [0.1, 0.15) is 17.9 Å². The molecule has 7 heteroatoms. The number of imidazole rings is 1. The molecule has 2 N–H and O–H groups in total. The van der Waals surface area contributed by atoms with Crippen LogP contribution in [0, 0.1) is 6.92 Å². The lowest BCUT2D eigenvalue weighted by Crippen LogP contribution is -2.10. The van der Waals surface area contributed by atoms with Gasteiger partial charge in [0.15, 0.2) is 0 Å². The number of aryl methyl sites for hydroxylation is 1. The largest absolute Gasteiger partial charge is 0.496 e. The van der Waals surface area contributed by atoms with Crippen LogP contribution in [0.3, 0.4) is 0 Å². The minimum Gasteiger partial charge on any atom is -0.496 e. The molecule has 3 aromatic carbocycles. The Bertz CT molecular complexity index is 1450. The van der Waals surface area contributed by atoms with Crippen molar-refractivity contribution in [1.29, 1.82) is 0 Å². The number of benzene rings is 3. The van der Waals surface area contributed by atoms with E-state index in [1.54, 1.807) is 19.6 Å². The van der Waals surface area contributed by atoms with Crippen LogP contribution in [0.4, 0.5) is 11.6 Å². The number of para-hydroxylation sites is 1. The number of hydrogen-bond donors (Lipinski definition) is 2. The molecule has 176 valence electrons. The molecule has 0 fully saturated rings. The van der Waals surface area contributed by atoms with Crippen LogP contribution in [0.15, 0.2) is 85.3 Å². The Morgan fingerprint density at radius 2 is 1.83 bits per heavy atom. The Labute approximate surface area is 204 Å². The van der Waals surface area contributed by atoms with E-state index in [0.717, 1.165) is 39.4 Å². The predicted octanol–water partition coefficient (Wildman–Crippen LogP) is 5.92. The lowest BCUT2D eigenvalue weighted by Gasteiger charge is -2.15. The Balaban J connectivity index is 1.34. The van der Waals surface area contributed by atoms with E-state index < -0.39 is 0 Å². The molecule has 0 bridgehead atoms. The van der Waals surface area contributed by atoms with Crippen LogP contribution in [-0.2, 0) is 6.54 Å². The summed E-state index contributed by atoms with van der Waals surface area (Å²) in [4.78, 5) is 13.7. The zero-order chi connectivity index (χ0) is 24.2. The van der Waals surface area contributed by atoms with Crippen LogP contribution in [0.2, 0.25) is 0 Å². The van der Waals surface area contributed by atoms with Crippen LogP contribution in [0.5, 0.6) is 5.75 Å². The molecule has 2 heterocycles. The lowest BCUT2D eigenvalue weighted by molar-refractivity contribution is 0.407. The van der Waals surface area contributed by atoms with Gasteiger partial charge < -0.3 is 15.4 Å². The highest BCUT2D eigenvalue weighted by molar-refractivity contribution is 5.81. The highest BCUT2D eigenvalue weighted by atomic mass is 16.5. The fourth-order valence-corrected chi connectivity index (χ4v) is 4.22. The van der Waals surface area contributed by atoms with Crippen molar-refractivity contribution in [2.75, 3.05) is 17.7 Å². The van der Waals surface area contributed by atoms with Crippen molar-refractivity contribution in [3.05, 3.63) is 102 Å². The third-order valence-corrected chi connectivity index (χ3v) is 6.06. The molecule has 2 aromatic heterocycles. The van der Waals surface area contributed by atoms with Crippen molar-refractivity contribution in [1.82, 2.24) is 19.5 Å². The topological polar surface area (TPSA) is 76.9 Å². The minimum absolute atomic E-state index is 0.0895. The van der Waals surface area contributed by atoms with E-state index >= 15 is 0 Å². The zero-order valence-corrected chi connectivity index (χ0v) is 20.1. The van der Waals surface area contributed by atoms with E-state index in [-0.39, 0.29) is 6.04 Å². The Morgan fingerprint density at radius 3 is 2.66 bits per heavy atom. The molecule has 0 aliphatic carbocycles. The summed E-state index contributed by atoms with van der Waals surface area (Å²) in [6.45, 7) is 4.81. The molecule has 0 saturated carbocycles. The summed E-state index contributed by atoms with van der Waals surface area (Å²) in [7, 11) is 1.71. The summed E-state index contributed by atoms with van der Waals surface area (Å²) in [5.74, 6) is 2.25. The summed E-state index contributed by atoms with van der Waals surface area (Å²) < 4.78 is 7.55. The van der Waals surface area contributed by atoms with Crippen molar-refractivity contribution >= 4 is 22.7 Å². The third kappa shape index (κ3) is 4.80. The average molecular weight is 465 g/mol. The van der Waals surface area contributed by atoms with Crippen molar-refractivity contribution in [2.24, 2.45) is 0 Å². The van der Waals surface area contributed by atoms with Crippen molar-refractivity contribution in [3.8, 4) is 11.6 Å². The molecule has 0 aliphatic rings. The molecule has 7 nitrogen and oxygen atoms in total. The van der Waals surface area contributed by atoms with Gasteiger partial charge in [0, 0.05) is 24.0 Å². The van der Waals surface area contributed by atoms with Gasteiger partial charge >= 0.3 is 0 Å². The van der Waals surface area contributed by atoms with E-state index in [9.17, 15) is 0 Å². The lowest BCUT2D eigenvalue weighted by atomic mass is 10.1. The molecule has 0 unspecified atom stereocenters. The van der Waals surface area contributed by atoms with Gasteiger partial charge in [-0.25, -0.2) is 9.97 Å². The highest BCUT2D eigenvalue weighted by Crippen LogP contribution is 2.26. The summed E-state index contributed by atoms with van der Waals surface area (Å²) in [5.41, 5.74) is 6.27. The van der Waals surface area contributed by atoms with Crippen LogP contribution >= 0.6 is 0 Å². The summed E-state index contributed by atoms with van der Waals surface area (Å²) in [6.07, 6.45) is 3.56. The molecule has 5 aromatic rings. The molecule has 0 amide bonds. The number of aromatic nitrogens is 4. The first-order valence-electron chi connectivity index (χ1n) is 11.6. The number of ether oxygens (including phenoxy) is 1. The van der Waals surface area contributed by atoms with Crippen LogP contribution < -0.4 is 15.4 Å². The number of nitrogens with one attached hydrogen (secondary N) is 2. The maximum absolute atomic E-state index is 5.57. The Kier molecular flexibility index (Phi) is 6.30. The van der Waals surface area contributed by atoms with Crippen LogP contribution in [-0.4, -0.2) is 26.6 Å². The molecule has 35 heavy (non-hydrogen) atoms. The molecule has 0 radical (unpaired) electrons. The van der Waals surface area contributed by atoms with E-state index in [4.69, 9.17) is 9.72 Å². The Morgan fingerprint density at radius 1 is 0.971 bits per heavy atom. The van der Waals surface area contributed by atoms with E-state index in [2.05, 4.69) is 70.8 Å². The van der Waals surface area contributed by atoms with Crippen molar-refractivity contribution in [2.45, 2.75) is 26.4 Å². The second-order valence-electron chi connectivity index (χ2n) is 8.45. The zero-order valence-electron chi connectivity index (χ0n) is 20.1. The van der Waals surface area contributed by atoms with Crippen molar-refractivity contribution in [3.63, 3.8) is 0 Å². The van der Waals surface area contributed by atoms with E-state index in [0.29, 0.717) is 12.5 Å². The number of hydrogen-bond acceptors (Lipinski definition) is 6. The number of methoxy groups -OCH3 is 1. The first-order valence-corrected chi connectivity index (χ1v) is 11.6. The molecule has 1 atom stereocenters. The smallest absolute Gasteiger partial charge is 0.225 e. The summed E-state index contributed by atoms with van der Waals surface area (Å²) in [5, 5.41) is 6.87. The summed E-state index contributed by atoms with van der Waals surface area (Å²) in [6, 6.07) is 24.6. The second-order valence-corrected chi connectivity index (χ2v) is 8.45. The molecule has 0 saturated heterocycles. The number of rotatable bonds is 8. The van der Waals surface area contributed by atoms with E-state index in [1.165, 1.54) is 5.56 Å². The molecule has 0 spiro atoms. The molecular formula is C28H28N6O. The van der Waals surface area contributed by atoms with Gasteiger partial charge in [0.2, 0.25) is 5.95 Å². The highest BCUT2D eigenvalue weighted by Gasteiger charge is 2.11. The van der Waals surface area contributed by atoms with Crippen molar-refractivity contribution < 1.29 is 4.74 Å². The minimum atomic E-state index is 0.0895. The summed E-state index contributed by atoms with van der Waals surface area (Å²) >= 11 is 0. The number of anilines is 2. The standard InChI is InChI=1S/C28H28N6O/c1-19-8-7-11-22(27(19)35-3)17-30-23-12-13-25-24(16-23)31-18-34(25)26-14-15-29-28(33-26)32-20(2)21-9-5-4-6-10-21/h4-16,18,20,30H,17H2,1-3H3,(H,29,32,33)/t20-/m0/s1. The third-order valence-electron chi connectivity index (χ3n) is 6.06. The monoisotopic (exact) mass is 464 g/mol. The van der Waals surface area contributed by atoms with Gasteiger partial charge in [-0.15, -0.1) is 0 Å². The van der Waals surface area contributed by atoms with Gasteiger partial charge in [-0.1, -0.05) is 48.5 Å². The number of nitrogens with zero attached hydrogens (tertiary/aromatic N) is 4. The first kappa shape index (κ1) is 22.4. The fourth-order valence-electron chi connectivity index (χ4n) is 4.22. The van der Waals surface area contributed by atoms with Gasteiger partial charge in [0.05, 0.1) is 24.2 Å². The average Bonchev–Trinajstić information content (AvgIpc) is 3.31. The van der Waals surface area contributed by atoms with Crippen LogP contribution in [0.25, 0.3) is 16.9 Å². The van der Waals surface area contributed by atoms with Gasteiger partial charge in [0.25, 0.3) is 0 Å². The van der Waals surface area contributed by atoms with Gasteiger partial charge in [-0.3, -0.25) is 4.57 Å². The van der Waals surface area contributed by atoms with Crippen LogP contribution in [0.1, 0.15) is 29.7 Å². The maximum Gasteiger partial charge on any atom is 0.225 e. The normalized spacial score (nSPS) is 11.9. The Hall–Kier alpha value is -4.39.